The molecule has 0 spiro atoms. The first-order valence-electron chi connectivity index (χ1n) is 10.8. The Morgan fingerprint density at radius 1 is 1.12 bits per heavy atom. The molecule has 5 aromatic rings. The number of carbonyl (C=O) groups excluding carboxylic acids is 1. The Bertz CT molecular complexity index is 1470. The van der Waals surface area contributed by atoms with Crippen LogP contribution in [-0.2, 0) is 19.1 Å². The summed E-state index contributed by atoms with van der Waals surface area (Å²) in [5.74, 6) is 0.448. The van der Waals surface area contributed by atoms with E-state index in [1.165, 1.54) is 4.80 Å². The number of hydrogen-bond acceptors (Lipinski definition) is 7. The van der Waals surface area contributed by atoms with Crippen molar-refractivity contribution < 1.29 is 4.79 Å². The van der Waals surface area contributed by atoms with Gasteiger partial charge in [-0.1, -0.05) is 24.3 Å². The second-order valence-corrected chi connectivity index (χ2v) is 8.98. The maximum Gasteiger partial charge on any atom is 0.293 e. The Balaban J connectivity index is 1.35. The van der Waals surface area contributed by atoms with Gasteiger partial charge >= 0.3 is 0 Å². The summed E-state index contributed by atoms with van der Waals surface area (Å²) < 4.78 is 3.69. The van der Waals surface area contributed by atoms with Gasteiger partial charge in [0.1, 0.15) is 11.5 Å². The van der Waals surface area contributed by atoms with Gasteiger partial charge in [0.25, 0.3) is 11.7 Å². The van der Waals surface area contributed by atoms with E-state index in [1.807, 2.05) is 74.9 Å². The molecule has 0 saturated carbocycles. The smallest absolute Gasteiger partial charge is 0.293 e. The van der Waals surface area contributed by atoms with Gasteiger partial charge in [0.2, 0.25) is 0 Å². The summed E-state index contributed by atoms with van der Waals surface area (Å²) in [6.07, 6.45) is 7.34. The van der Waals surface area contributed by atoms with Crippen LogP contribution in [0.15, 0.2) is 55.1 Å². The molecule has 0 unspecified atom stereocenters. The molecule has 4 heterocycles. The zero-order valence-electron chi connectivity index (χ0n) is 19.3. The number of fused-ring (bicyclic) bond motifs is 1. The fourth-order valence-corrected chi connectivity index (χ4v) is 3.45. The Hall–Kier alpha value is -4.41. The number of amides is 1. The fourth-order valence-electron chi connectivity index (χ4n) is 3.45. The van der Waals surface area contributed by atoms with Crippen LogP contribution in [0.1, 0.15) is 37.0 Å². The van der Waals surface area contributed by atoms with Crippen molar-refractivity contribution in [3.63, 3.8) is 0 Å². The van der Waals surface area contributed by atoms with Crippen LogP contribution in [0.5, 0.6) is 0 Å². The van der Waals surface area contributed by atoms with Crippen LogP contribution < -0.4 is 5.32 Å². The summed E-state index contributed by atoms with van der Waals surface area (Å²) >= 11 is 0. The van der Waals surface area contributed by atoms with Gasteiger partial charge < -0.3 is 5.32 Å². The van der Waals surface area contributed by atoms with Crippen molar-refractivity contribution >= 4 is 11.6 Å². The van der Waals surface area contributed by atoms with Gasteiger partial charge in [-0.05, 0) is 31.5 Å². The van der Waals surface area contributed by atoms with Gasteiger partial charge in [-0.3, -0.25) is 13.9 Å². The fraction of sp³-hybridized carbons (Fsp3) is 0.261. The molecule has 0 radical (unpaired) electrons. The second-order valence-electron chi connectivity index (χ2n) is 8.98. The van der Waals surface area contributed by atoms with E-state index < -0.39 is 0 Å². The third-order valence-electron chi connectivity index (χ3n) is 5.27. The maximum atomic E-state index is 12.4. The van der Waals surface area contributed by atoms with Gasteiger partial charge in [0.15, 0.2) is 0 Å². The molecule has 0 aliphatic carbocycles. The second kappa shape index (κ2) is 8.18. The largest absolute Gasteiger partial charge is 0.345 e. The molecule has 0 aliphatic rings. The molecule has 5 rings (SSSR count). The van der Waals surface area contributed by atoms with Crippen LogP contribution in [0.25, 0.3) is 28.3 Å². The molecule has 11 nitrogen and oxygen atoms in total. The standard InChI is InChI=1S/C23H24N10O/c1-23(2,3)33-29-20(28-30-33)22(34)25-12-15-5-7-16(8-6-15)21-27-18(17-13-26-31(4)14-17)11-19-24-9-10-32(19)21/h5-11,13-14H,12H2,1-4H3,(H,25,34). The number of tetrazole rings is 1. The third kappa shape index (κ3) is 4.15. The van der Waals surface area contributed by atoms with E-state index in [2.05, 4.69) is 30.8 Å². The van der Waals surface area contributed by atoms with E-state index in [4.69, 9.17) is 4.98 Å². The molecular formula is C23H24N10O. The van der Waals surface area contributed by atoms with Crippen LogP contribution >= 0.6 is 0 Å². The average molecular weight is 457 g/mol. The van der Waals surface area contributed by atoms with Crippen LogP contribution in [0, 0.1) is 0 Å². The van der Waals surface area contributed by atoms with Crippen molar-refractivity contribution in [2.24, 2.45) is 7.05 Å². The third-order valence-corrected chi connectivity index (χ3v) is 5.27. The number of rotatable bonds is 5. The number of aryl methyl sites for hydroxylation is 1. The highest BCUT2D eigenvalue weighted by molar-refractivity contribution is 5.90. The Morgan fingerprint density at radius 2 is 1.91 bits per heavy atom. The first-order chi connectivity index (χ1) is 16.3. The summed E-state index contributed by atoms with van der Waals surface area (Å²) in [5.41, 5.74) is 4.05. The Morgan fingerprint density at radius 3 is 2.59 bits per heavy atom. The van der Waals surface area contributed by atoms with Crippen molar-refractivity contribution in [1.29, 1.82) is 0 Å². The lowest BCUT2D eigenvalue weighted by molar-refractivity contribution is 0.0939. The van der Waals surface area contributed by atoms with Crippen LogP contribution in [0.4, 0.5) is 0 Å². The van der Waals surface area contributed by atoms with Gasteiger partial charge in [0, 0.05) is 49.4 Å². The Labute approximate surface area is 195 Å². The monoisotopic (exact) mass is 456 g/mol. The SMILES string of the molecule is Cn1cc(-c2cc3nccn3c(-c3ccc(CNC(=O)c4nnn(C(C)(C)C)n4)cc3)n2)cn1. The topological polar surface area (TPSA) is 121 Å². The number of hydrogen-bond donors (Lipinski definition) is 1. The van der Waals surface area contributed by atoms with Gasteiger partial charge in [0.05, 0.1) is 17.4 Å². The highest BCUT2D eigenvalue weighted by Crippen LogP contribution is 2.25. The molecule has 0 bridgehead atoms. The molecule has 1 N–H and O–H groups in total. The van der Waals surface area contributed by atoms with Crippen molar-refractivity contribution in [1.82, 2.24) is 49.7 Å². The van der Waals surface area contributed by atoms with E-state index >= 15 is 0 Å². The molecule has 172 valence electrons. The lowest BCUT2D eigenvalue weighted by atomic mass is 10.1. The van der Waals surface area contributed by atoms with Gasteiger partial charge in [-0.2, -0.15) is 9.90 Å². The van der Waals surface area contributed by atoms with E-state index in [0.717, 1.165) is 33.9 Å². The number of nitrogens with one attached hydrogen (secondary N) is 1. The maximum absolute atomic E-state index is 12.4. The van der Waals surface area contributed by atoms with Crippen LogP contribution in [0.3, 0.4) is 0 Å². The normalized spacial score (nSPS) is 11.8. The van der Waals surface area contributed by atoms with Crippen molar-refractivity contribution in [2.75, 3.05) is 0 Å². The van der Waals surface area contributed by atoms with Crippen molar-refractivity contribution in [2.45, 2.75) is 32.9 Å². The number of imidazole rings is 1. The highest BCUT2D eigenvalue weighted by atomic mass is 16.2. The quantitative estimate of drug-likeness (QED) is 0.431. The van der Waals surface area contributed by atoms with Crippen LogP contribution in [0.2, 0.25) is 0 Å². The first-order valence-corrected chi connectivity index (χ1v) is 10.8. The number of benzene rings is 1. The average Bonchev–Trinajstić information content (AvgIpc) is 3.57. The van der Waals surface area contributed by atoms with E-state index in [9.17, 15) is 4.79 Å². The lowest BCUT2D eigenvalue weighted by Crippen LogP contribution is -2.27. The van der Waals surface area contributed by atoms with E-state index in [-0.39, 0.29) is 17.3 Å². The highest BCUT2D eigenvalue weighted by Gasteiger charge is 2.20. The van der Waals surface area contributed by atoms with Crippen LogP contribution in [-0.4, -0.2) is 50.3 Å². The molecule has 1 amide bonds. The molecule has 0 saturated heterocycles. The number of carbonyl (C=O) groups is 1. The number of nitrogens with zero attached hydrogens (tertiary/aromatic N) is 9. The van der Waals surface area contributed by atoms with E-state index in [0.29, 0.717) is 6.54 Å². The minimum atomic E-state index is -0.370. The summed E-state index contributed by atoms with van der Waals surface area (Å²) in [7, 11) is 1.87. The first kappa shape index (κ1) is 21.4. The Kier molecular flexibility index (Phi) is 5.16. The predicted molar refractivity (Wildman–Crippen MR) is 125 cm³/mol. The molecular weight excluding hydrogens is 432 g/mol. The molecule has 1 aromatic carbocycles. The lowest BCUT2D eigenvalue weighted by Gasteiger charge is -2.15. The molecule has 0 atom stereocenters. The summed E-state index contributed by atoms with van der Waals surface area (Å²) in [6, 6.07) is 9.80. The minimum Gasteiger partial charge on any atom is -0.345 e. The number of aromatic nitrogens is 9. The summed E-state index contributed by atoms with van der Waals surface area (Å²) in [4.78, 5) is 23.2. The molecule has 34 heavy (non-hydrogen) atoms. The summed E-state index contributed by atoms with van der Waals surface area (Å²) in [5, 5.41) is 19.1. The molecule has 4 aromatic heterocycles. The minimum absolute atomic E-state index is 0.0467. The van der Waals surface area contributed by atoms with Crippen molar-refractivity contribution in [3.8, 4) is 22.6 Å². The molecule has 11 heteroatoms. The zero-order valence-corrected chi connectivity index (χ0v) is 19.3. The summed E-state index contributed by atoms with van der Waals surface area (Å²) in [6.45, 7) is 6.16. The molecule has 0 fully saturated rings. The molecule has 0 aliphatic heterocycles. The van der Waals surface area contributed by atoms with E-state index in [1.54, 1.807) is 17.1 Å². The van der Waals surface area contributed by atoms with Gasteiger partial charge in [-0.25, -0.2) is 9.97 Å². The predicted octanol–water partition coefficient (Wildman–Crippen LogP) is 2.47. The zero-order chi connectivity index (χ0) is 23.9. The van der Waals surface area contributed by atoms with Gasteiger partial charge in [-0.15, -0.1) is 10.2 Å². The van der Waals surface area contributed by atoms with Crippen molar-refractivity contribution in [3.05, 3.63) is 66.5 Å².